The first-order chi connectivity index (χ1) is 18.9. The van der Waals surface area contributed by atoms with Gasteiger partial charge in [-0.2, -0.15) is 5.10 Å². The van der Waals surface area contributed by atoms with Crippen LogP contribution in [0.5, 0.6) is 11.5 Å². The number of furan rings is 1. The zero-order valence-corrected chi connectivity index (χ0v) is 22.3. The van der Waals surface area contributed by atoms with Crippen LogP contribution in [0.25, 0.3) is 38.6 Å². The summed E-state index contributed by atoms with van der Waals surface area (Å²) in [4.78, 5) is 20.4. The first kappa shape index (κ1) is 24.6. The molecule has 0 aliphatic carbocycles. The number of aryl methyl sites for hydroxylation is 1. The maximum Gasteiger partial charge on any atom is 0.302 e. The summed E-state index contributed by atoms with van der Waals surface area (Å²) in [5.41, 5.74) is 5.66. The number of benzene rings is 2. The molecule has 4 aromatic heterocycles. The van der Waals surface area contributed by atoms with Crippen molar-refractivity contribution in [3.05, 3.63) is 83.1 Å². The Morgan fingerprint density at radius 3 is 2.69 bits per heavy atom. The van der Waals surface area contributed by atoms with Gasteiger partial charge in [-0.1, -0.05) is 24.3 Å². The fourth-order valence-corrected chi connectivity index (χ4v) is 4.94. The Kier molecular flexibility index (Phi) is 6.45. The molecule has 9 nitrogen and oxygen atoms in total. The number of aromatic nitrogens is 4. The Morgan fingerprint density at radius 1 is 1.05 bits per heavy atom. The number of hydrogen-bond acceptors (Lipinski definition) is 9. The maximum absolute atomic E-state index is 11.0. The Hall–Kier alpha value is -4.70. The highest BCUT2D eigenvalue weighted by atomic mass is 32.1. The van der Waals surface area contributed by atoms with Gasteiger partial charge in [-0.25, -0.2) is 14.5 Å². The zero-order valence-electron chi connectivity index (χ0n) is 21.5. The van der Waals surface area contributed by atoms with Crippen LogP contribution in [-0.2, 0) is 22.7 Å². The molecule has 6 aromatic rings. The van der Waals surface area contributed by atoms with E-state index in [1.165, 1.54) is 6.92 Å². The average molecular weight is 541 g/mol. The fraction of sp³-hybridized carbons (Fsp3) is 0.172. The van der Waals surface area contributed by atoms with Crippen molar-refractivity contribution in [3.63, 3.8) is 0 Å². The quantitative estimate of drug-likeness (QED) is 0.210. The number of rotatable bonds is 8. The van der Waals surface area contributed by atoms with Crippen molar-refractivity contribution in [2.75, 3.05) is 7.11 Å². The van der Waals surface area contributed by atoms with Crippen molar-refractivity contribution in [2.24, 2.45) is 0 Å². The molecule has 0 unspecified atom stereocenters. The predicted octanol–water partition coefficient (Wildman–Crippen LogP) is 6.23. The largest absolute Gasteiger partial charge is 0.496 e. The normalized spacial score (nSPS) is 11.3. The summed E-state index contributed by atoms with van der Waals surface area (Å²) in [5, 5.41) is 8.14. The Balaban J connectivity index is 1.22. The highest BCUT2D eigenvalue weighted by Crippen LogP contribution is 2.37. The highest BCUT2D eigenvalue weighted by molar-refractivity contribution is 7.13. The second-order valence-corrected chi connectivity index (χ2v) is 9.82. The zero-order chi connectivity index (χ0) is 26.9. The minimum atomic E-state index is -0.300. The average Bonchev–Trinajstić information content (AvgIpc) is 3.68. The summed E-state index contributed by atoms with van der Waals surface area (Å²) < 4.78 is 24.6. The molecule has 2 aromatic carbocycles. The molecule has 6 rings (SSSR count). The van der Waals surface area contributed by atoms with Crippen LogP contribution in [-0.4, -0.2) is 32.7 Å². The van der Waals surface area contributed by atoms with E-state index in [4.69, 9.17) is 23.6 Å². The molecule has 4 heterocycles. The van der Waals surface area contributed by atoms with Gasteiger partial charge < -0.3 is 18.6 Å². The molecule has 0 amide bonds. The van der Waals surface area contributed by atoms with Crippen LogP contribution < -0.4 is 9.47 Å². The van der Waals surface area contributed by atoms with E-state index in [-0.39, 0.29) is 19.2 Å². The van der Waals surface area contributed by atoms with Crippen LogP contribution in [0.1, 0.15) is 23.9 Å². The summed E-state index contributed by atoms with van der Waals surface area (Å²) in [5.74, 6) is 1.56. The van der Waals surface area contributed by atoms with Crippen molar-refractivity contribution in [3.8, 4) is 33.5 Å². The lowest BCUT2D eigenvalue weighted by Crippen LogP contribution is -1.98. The molecule has 0 aliphatic rings. The van der Waals surface area contributed by atoms with Crippen LogP contribution in [0.3, 0.4) is 0 Å². The first-order valence-electron chi connectivity index (χ1n) is 12.2. The van der Waals surface area contributed by atoms with Gasteiger partial charge >= 0.3 is 5.97 Å². The highest BCUT2D eigenvalue weighted by Gasteiger charge is 2.16. The first-order valence-corrected chi connectivity index (χ1v) is 13.1. The van der Waals surface area contributed by atoms with E-state index in [9.17, 15) is 4.79 Å². The molecular weight excluding hydrogens is 516 g/mol. The Bertz CT molecular complexity index is 1800. The Morgan fingerprint density at radius 2 is 1.90 bits per heavy atom. The van der Waals surface area contributed by atoms with Crippen LogP contribution in [0.4, 0.5) is 0 Å². The van der Waals surface area contributed by atoms with Gasteiger partial charge in [0, 0.05) is 30.0 Å². The molecule has 0 saturated carbocycles. The van der Waals surface area contributed by atoms with Gasteiger partial charge in [0.05, 0.1) is 30.1 Å². The summed E-state index contributed by atoms with van der Waals surface area (Å²) in [6, 6.07) is 17.2. The van der Waals surface area contributed by atoms with E-state index in [1.54, 1.807) is 23.0 Å². The van der Waals surface area contributed by atoms with Crippen molar-refractivity contribution < 1.29 is 23.4 Å². The van der Waals surface area contributed by atoms with Crippen molar-refractivity contribution in [1.29, 1.82) is 0 Å². The Labute approximate surface area is 227 Å². The van der Waals surface area contributed by atoms with Crippen LogP contribution in [0, 0.1) is 6.92 Å². The molecular formula is C29H24N4O5S. The van der Waals surface area contributed by atoms with Gasteiger partial charge in [-0.15, -0.1) is 11.3 Å². The molecule has 0 aliphatic heterocycles. The molecule has 0 spiro atoms. The van der Waals surface area contributed by atoms with Gasteiger partial charge in [0.2, 0.25) is 0 Å². The molecule has 0 bridgehead atoms. The minimum Gasteiger partial charge on any atom is -0.496 e. The van der Waals surface area contributed by atoms with E-state index in [0.29, 0.717) is 28.5 Å². The van der Waals surface area contributed by atoms with E-state index in [0.717, 1.165) is 38.6 Å². The number of hydrogen-bond donors (Lipinski definition) is 0. The number of esters is 1. The van der Waals surface area contributed by atoms with Gasteiger partial charge in [0.25, 0.3) is 0 Å². The monoisotopic (exact) mass is 540 g/mol. The number of thiazole rings is 1. The minimum absolute atomic E-state index is 0.255. The third kappa shape index (κ3) is 5.19. The van der Waals surface area contributed by atoms with Crippen LogP contribution in [0.2, 0.25) is 0 Å². The fourth-order valence-electron chi connectivity index (χ4n) is 4.13. The number of imidazole rings is 1. The lowest BCUT2D eigenvalue weighted by Gasteiger charge is -2.08. The number of carbonyl (C=O) groups is 1. The number of carbonyl (C=O) groups excluding carboxylic acids is 1. The van der Waals surface area contributed by atoms with Gasteiger partial charge in [-0.05, 0) is 30.7 Å². The smallest absolute Gasteiger partial charge is 0.302 e. The molecule has 0 fully saturated rings. The molecule has 39 heavy (non-hydrogen) atoms. The number of ether oxygens (including phenoxy) is 3. The van der Waals surface area contributed by atoms with E-state index < -0.39 is 0 Å². The molecule has 0 N–H and O–H groups in total. The topological polar surface area (TPSA) is 101 Å². The molecule has 196 valence electrons. The summed E-state index contributed by atoms with van der Waals surface area (Å²) >= 11 is 1.54. The van der Waals surface area contributed by atoms with Crippen molar-refractivity contribution in [2.45, 2.75) is 27.1 Å². The summed E-state index contributed by atoms with van der Waals surface area (Å²) in [6.45, 7) is 3.87. The van der Waals surface area contributed by atoms with E-state index >= 15 is 0 Å². The standard InChI is InChI=1S/C29H24N4O5S/c1-17-4-9-28-31-24(13-33(28)32-17)27-12-23-25(10-22(35-3)11-26(23)38-27)37-15-21-16-39-29(30-21)20-7-5-19(6-8-20)14-36-18(2)34/h4-13,16H,14-15H2,1-3H3. The van der Waals surface area contributed by atoms with E-state index in [2.05, 4.69) is 10.1 Å². The number of nitrogens with zero attached hydrogens (tertiary/aromatic N) is 4. The molecule has 10 heteroatoms. The third-order valence-electron chi connectivity index (χ3n) is 6.08. The SMILES string of the molecule is COc1cc(OCc2csc(-c3ccc(COC(C)=O)cc3)n2)c2cc(-c3cn4nc(C)ccc4n3)oc2c1. The molecule has 0 atom stereocenters. The molecule has 0 radical (unpaired) electrons. The van der Waals surface area contributed by atoms with E-state index in [1.807, 2.05) is 73.1 Å². The summed E-state index contributed by atoms with van der Waals surface area (Å²) in [7, 11) is 1.61. The van der Waals surface area contributed by atoms with Gasteiger partial charge in [-0.3, -0.25) is 4.79 Å². The van der Waals surface area contributed by atoms with Crippen molar-refractivity contribution in [1.82, 2.24) is 19.6 Å². The van der Waals surface area contributed by atoms with Crippen LogP contribution >= 0.6 is 11.3 Å². The lowest BCUT2D eigenvalue weighted by atomic mass is 10.1. The maximum atomic E-state index is 11.0. The lowest BCUT2D eigenvalue weighted by molar-refractivity contribution is -0.142. The number of methoxy groups -OCH3 is 1. The van der Waals surface area contributed by atoms with Gasteiger partial charge in [0.15, 0.2) is 11.4 Å². The second kappa shape index (κ2) is 10.2. The van der Waals surface area contributed by atoms with Gasteiger partial charge in [0.1, 0.15) is 41.0 Å². The number of fused-ring (bicyclic) bond motifs is 2. The second-order valence-electron chi connectivity index (χ2n) is 8.96. The van der Waals surface area contributed by atoms with Crippen LogP contribution in [0.15, 0.2) is 70.6 Å². The van der Waals surface area contributed by atoms with Crippen molar-refractivity contribution >= 4 is 33.9 Å². The predicted molar refractivity (Wildman–Crippen MR) is 147 cm³/mol. The summed E-state index contributed by atoms with van der Waals surface area (Å²) in [6.07, 6.45) is 1.84. The third-order valence-corrected chi connectivity index (χ3v) is 7.02. The molecule has 0 saturated heterocycles.